The van der Waals surface area contributed by atoms with Crippen molar-refractivity contribution in [3.63, 3.8) is 0 Å². The van der Waals surface area contributed by atoms with Gasteiger partial charge in [0, 0.05) is 11.1 Å². The Morgan fingerprint density at radius 1 is 0.808 bits per heavy atom. The van der Waals surface area contributed by atoms with Gasteiger partial charge in [-0.1, -0.05) is 42.5 Å². The second-order valence-electron chi connectivity index (χ2n) is 5.64. The molecule has 0 atom stereocenters. The van der Waals surface area contributed by atoms with Crippen LogP contribution < -0.4 is 15.8 Å². The summed E-state index contributed by atoms with van der Waals surface area (Å²) in [7, 11) is 0. The van der Waals surface area contributed by atoms with Gasteiger partial charge in [-0.15, -0.1) is 0 Å². The predicted octanol–water partition coefficient (Wildman–Crippen LogP) is 3.52. The molecule has 130 valence electrons. The number of nitrogen functional groups attached to an aromatic ring is 1. The van der Waals surface area contributed by atoms with Crippen LogP contribution >= 0.6 is 0 Å². The van der Waals surface area contributed by atoms with Crippen LogP contribution in [0.15, 0.2) is 78.9 Å². The number of carbonyl (C=O) groups excluding carboxylic acids is 2. The van der Waals surface area contributed by atoms with Crippen LogP contribution in [0.1, 0.15) is 15.9 Å². The van der Waals surface area contributed by atoms with Crippen molar-refractivity contribution >= 4 is 23.1 Å². The molecular weight excluding hydrogens is 328 g/mol. The van der Waals surface area contributed by atoms with Crippen molar-refractivity contribution in [2.24, 2.45) is 0 Å². The van der Waals surface area contributed by atoms with E-state index in [-0.39, 0.29) is 18.3 Å². The minimum Gasteiger partial charge on any atom is -0.484 e. The second-order valence-corrected chi connectivity index (χ2v) is 5.64. The molecule has 0 unspecified atom stereocenters. The number of ether oxygens (including phenoxy) is 1. The SMILES string of the molecule is Nc1ccccc1NC(=O)COc1ccc(C(=O)c2ccccc2)cc1. The first-order valence-corrected chi connectivity index (χ1v) is 8.10. The Morgan fingerprint density at radius 2 is 1.42 bits per heavy atom. The Bertz CT molecular complexity index is 906. The Kier molecular flexibility index (Phi) is 5.29. The fourth-order valence-corrected chi connectivity index (χ4v) is 2.40. The summed E-state index contributed by atoms with van der Waals surface area (Å²) in [6, 6.07) is 22.7. The van der Waals surface area contributed by atoms with Gasteiger partial charge in [-0.2, -0.15) is 0 Å². The van der Waals surface area contributed by atoms with Gasteiger partial charge in [0.15, 0.2) is 12.4 Å². The van der Waals surface area contributed by atoms with E-state index < -0.39 is 0 Å². The minimum absolute atomic E-state index is 0.0607. The van der Waals surface area contributed by atoms with E-state index in [4.69, 9.17) is 10.5 Å². The molecule has 0 aromatic heterocycles. The zero-order chi connectivity index (χ0) is 18.4. The van der Waals surface area contributed by atoms with Crippen LogP contribution in [0.2, 0.25) is 0 Å². The molecule has 0 aliphatic heterocycles. The number of para-hydroxylation sites is 2. The van der Waals surface area contributed by atoms with Crippen molar-refractivity contribution in [2.45, 2.75) is 0 Å². The number of carbonyl (C=O) groups is 2. The lowest BCUT2D eigenvalue weighted by Crippen LogP contribution is -2.20. The highest BCUT2D eigenvalue weighted by atomic mass is 16.5. The maximum atomic E-state index is 12.3. The summed E-state index contributed by atoms with van der Waals surface area (Å²) in [4.78, 5) is 24.3. The monoisotopic (exact) mass is 346 g/mol. The third kappa shape index (κ3) is 4.27. The average molecular weight is 346 g/mol. The van der Waals surface area contributed by atoms with Gasteiger partial charge in [-0.05, 0) is 36.4 Å². The molecule has 0 bridgehead atoms. The maximum Gasteiger partial charge on any atom is 0.262 e. The minimum atomic E-state index is -0.313. The molecule has 0 fully saturated rings. The number of benzene rings is 3. The molecule has 26 heavy (non-hydrogen) atoms. The second kappa shape index (κ2) is 7.98. The Balaban J connectivity index is 1.57. The zero-order valence-electron chi connectivity index (χ0n) is 14.0. The first kappa shape index (κ1) is 17.2. The topological polar surface area (TPSA) is 81.4 Å². The molecule has 0 heterocycles. The van der Waals surface area contributed by atoms with E-state index in [9.17, 15) is 9.59 Å². The number of rotatable bonds is 6. The van der Waals surface area contributed by atoms with Crippen molar-refractivity contribution < 1.29 is 14.3 Å². The lowest BCUT2D eigenvalue weighted by Gasteiger charge is -2.09. The molecule has 3 aromatic rings. The van der Waals surface area contributed by atoms with Gasteiger partial charge in [0.25, 0.3) is 5.91 Å². The number of hydrogen-bond donors (Lipinski definition) is 2. The van der Waals surface area contributed by atoms with E-state index >= 15 is 0 Å². The summed E-state index contributed by atoms with van der Waals surface area (Å²) in [5, 5.41) is 2.69. The van der Waals surface area contributed by atoms with E-state index in [1.807, 2.05) is 18.2 Å². The molecule has 3 N–H and O–H groups in total. The summed E-state index contributed by atoms with van der Waals surface area (Å²) >= 11 is 0. The lowest BCUT2D eigenvalue weighted by molar-refractivity contribution is -0.118. The van der Waals surface area contributed by atoms with Crippen LogP contribution in [0.5, 0.6) is 5.75 Å². The number of nitrogens with two attached hydrogens (primary N) is 1. The van der Waals surface area contributed by atoms with Gasteiger partial charge in [0.05, 0.1) is 11.4 Å². The molecule has 3 aromatic carbocycles. The normalized spacial score (nSPS) is 10.2. The van der Waals surface area contributed by atoms with Crippen molar-refractivity contribution in [2.75, 3.05) is 17.7 Å². The Labute approximate surface area is 151 Å². The molecule has 0 spiro atoms. The molecule has 0 saturated heterocycles. The number of amides is 1. The number of anilines is 2. The van der Waals surface area contributed by atoms with Gasteiger partial charge >= 0.3 is 0 Å². The number of ketones is 1. The first-order chi connectivity index (χ1) is 12.6. The number of nitrogens with one attached hydrogen (secondary N) is 1. The third-order valence-corrected chi connectivity index (χ3v) is 3.76. The molecule has 0 aliphatic carbocycles. The van der Waals surface area contributed by atoms with E-state index in [1.165, 1.54) is 0 Å². The van der Waals surface area contributed by atoms with Gasteiger partial charge in [0.1, 0.15) is 5.75 Å². The molecular formula is C21H18N2O3. The maximum absolute atomic E-state index is 12.3. The molecule has 1 amide bonds. The van der Waals surface area contributed by atoms with Crippen LogP contribution in [0.4, 0.5) is 11.4 Å². The zero-order valence-corrected chi connectivity index (χ0v) is 14.0. The van der Waals surface area contributed by atoms with Crippen LogP contribution in [0.3, 0.4) is 0 Å². The van der Waals surface area contributed by atoms with Crippen LogP contribution in [0.25, 0.3) is 0 Å². The highest BCUT2D eigenvalue weighted by Gasteiger charge is 2.09. The summed E-state index contributed by atoms with van der Waals surface area (Å²) in [5.74, 6) is 0.132. The Morgan fingerprint density at radius 3 is 2.12 bits per heavy atom. The standard InChI is InChI=1S/C21H18N2O3/c22-18-8-4-5-9-19(18)23-20(24)14-26-17-12-10-16(11-13-17)21(25)15-6-2-1-3-7-15/h1-13H,14,22H2,(H,23,24). The van der Waals surface area contributed by atoms with Crippen LogP contribution in [-0.2, 0) is 4.79 Å². The highest BCUT2D eigenvalue weighted by Crippen LogP contribution is 2.18. The summed E-state index contributed by atoms with van der Waals surface area (Å²) in [6.07, 6.45) is 0. The van der Waals surface area contributed by atoms with E-state index in [0.29, 0.717) is 28.3 Å². The quantitative estimate of drug-likeness (QED) is 0.528. The van der Waals surface area contributed by atoms with Crippen molar-refractivity contribution in [1.29, 1.82) is 0 Å². The summed E-state index contributed by atoms with van der Waals surface area (Å²) in [5.41, 5.74) is 8.00. The predicted molar refractivity (Wildman–Crippen MR) is 101 cm³/mol. The Hall–Kier alpha value is -3.60. The molecule has 0 aliphatic rings. The van der Waals surface area contributed by atoms with Crippen molar-refractivity contribution in [3.05, 3.63) is 90.0 Å². The van der Waals surface area contributed by atoms with Gasteiger partial charge in [0.2, 0.25) is 0 Å². The fourth-order valence-electron chi connectivity index (χ4n) is 2.40. The first-order valence-electron chi connectivity index (χ1n) is 8.10. The molecule has 3 rings (SSSR count). The van der Waals surface area contributed by atoms with E-state index in [2.05, 4.69) is 5.32 Å². The van der Waals surface area contributed by atoms with E-state index in [1.54, 1.807) is 60.7 Å². The lowest BCUT2D eigenvalue weighted by atomic mass is 10.0. The van der Waals surface area contributed by atoms with Crippen molar-refractivity contribution in [3.8, 4) is 5.75 Å². The van der Waals surface area contributed by atoms with Gasteiger partial charge < -0.3 is 15.8 Å². The largest absolute Gasteiger partial charge is 0.484 e. The van der Waals surface area contributed by atoms with Crippen molar-refractivity contribution in [1.82, 2.24) is 0 Å². The van der Waals surface area contributed by atoms with E-state index in [0.717, 1.165) is 0 Å². The highest BCUT2D eigenvalue weighted by molar-refractivity contribution is 6.09. The van der Waals surface area contributed by atoms with Gasteiger partial charge in [-0.3, -0.25) is 9.59 Å². The average Bonchev–Trinajstić information content (AvgIpc) is 2.69. The fraction of sp³-hybridized carbons (Fsp3) is 0.0476. The molecule has 0 saturated carbocycles. The van der Waals surface area contributed by atoms with Crippen LogP contribution in [-0.4, -0.2) is 18.3 Å². The molecule has 5 nitrogen and oxygen atoms in total. The smallest absolute Gasteiger partial charge is 0.262 e. The number of hydrogen-bond acceptors (Lipinski definition) is 4. The van der Waals surface area contributed by atoms with Crippen LogP contribution in [0, 0.1) is 0 Å². The third-order valence-electron chi connectivity index (χ3n) is 3.76. The molecule has 5 heteroatoms. The summed E-state index contributed by atoms with van der Waals surface area (Å²) < 4.78 is 5.46. The summed E-state index contributed by atoms with van der Waals surface area (Å²) in [6.45, 7) is -0.152. The van der Waals surface area contributed by atoms with Gasteiger partial charge in [-0.25, -0.2) is 0 Å². The molecule has 0 radical (unpaired) electrons.